The monoisotopic (exact) mass is 372 g/mol. The second-order valence-corrected chi connectivity index (χ2v) is 6.82. The third-order valence-electron chi connectivity index (χ3n) is 3.55. The van der Waals surface area contributed by atoms with E-state index >= 15 is 0 Å². The van der Waals surface area contributed by atoms with E-state index in [2.05, 4.69) is 41.8 Å². The molecule has 0 fully saturated rings. The average Bonchev–Trinajstić information content (AvgIpc) is 2.65. The Labute approximate surface area is 158 Å². The highest BCUT2D eigenvalue weighted by Gasteiger charge is 2.08. The normalized spacial score (nSPS) is 10.2. The van der Waals surface area contributed by atoms with Crippen molar-refractivity contribution in [3.05, 3.63) is 59.7 Å². The Balaban J connectivity index is 1.64. The molecular formula is C20H24N2O3S. The molecule has 5 nitrogen and oxygen atoms in total. The minimum atomic E-state index is -0.280. The van der Waals surface area contributed by atoms with Crippen LogP contribution >= 0.6 is 11.8 Å². The van der Waals surface area contributed by atoms with Crippen LogP contribution in [0.2, 0.25) is 0 Å². The third-order valence-corrected chi connectivity index (χ3v) is 4.56. The van der Waals surface area contributed by atoms with E-state index < -0.39 is 0 Å². The van der Waals surface area contributed by atoms with Crippen LogP contribution < -0.4 is 15.4 Å². The number of thioether (sulfide) groups is 1. The lowest BCUT2D eigenvalue weighted by atomic mass is 10.2. The van der Waals surface area contributed by atoms with Crippen molar-refractivity contribution >= 4 is 23.6 Å². The summed E-state index contributed by atoms with van der Waals surface area (Å²) in [6, 6.07) is 15.1. The van der Waals surface area contributed by atoms with Gasteiger partial charge in [-0.25, -0.2) is 0 Å². The number of amides is 2. The molecule has 0 saturated heterocycles. The van der Waals surface area contributed by atoms with Crippen molar-refractivity contribution in [2.75, 3.05) is 25.4 Å². The van der Waals surface area contributed by atoms with E-state index in [1.807, 2.05) is 6.92 Å². The first-order valence-electron chi connectivity index (χ1n) is 8.55. The zero-order valence-electron chi connectivity index (χ0n) is 15.1. The molecule has 0 aliphatic rings. The summed E-state index contributed by atoms with van der Waals surface area (Å²) in [6.45, 7) is 5.04. The van der Waals surface area contributed by atoms with E-state index in [0.29, 0.717) is 24.5 Å². The van der Waals surface area contributed by atoms with Gasteiger partial charge in [0, 0.05) is 22.8 Å². The summed E-state index contributed by atoms with van der Waals surface area (Å²) in [7, 11) is 0. The summed E-state index contributed by atoms with van der Waals surface area (Å²) in [5.41, 5.74) is 1.72. The Morgan fingerprint density at radius 2 is 1.69 bits per heavy atom. The van der Waals surface area contributed by atoms with Crippen LogP contribution in [0.4, 0.5) is 0 Å². The maximum absolute atomic E-state index is 12.0. The third kappa shape index (κ3) is 6.80. The van der Waals surface area contributed by atoms with Crippen molar-refractivity contribution < 1.29 is 14.3 Å². The summed E-state index contributed by atoms with van der Waals surface area (Å²) < 4.78 is 5.33. The molecule has 0 heterocycles. The summed E-state index contributed by atoms with van der Waals surface area (Å²) in [5, 5.41) is 5.42. The molecule has 26 heavy (non-hydrogen) atoms. The fourth-order valence-corrected chi connectivity index (χ4v) is 2.96. The molecule has 0 aliphatic carbocycles. The number of rotatable bonds is 9. The quantitative estimate of drug-likeness (QED) is 0.524. The van der Waals surface area contributed by atoms with Gasteiger partial charge in [0.05, 0.1) is 13.2 Å². The van der Waals surface area contributed by atoms with E-state index in [-0.39, 0.29) is 18.4 Å². The van der Waals surface area contributed by atoms with Crippen LogP contribution in [0.1, 0.15) is 22.8 Å². The number of nitrogens with one attached hydrogen (secondary N) is 2. The van der Waals surface area contributed by atoms with E-state index in [0.717, 1.165) is 5.75 Å². The molecule has 0 aliphatic heterocycles. The van der Waals surface area contributed by atoms with Gasteiger partial charge in [-0.2, -0.15) is 0 Å². The zero-order chi connectivity index (χ0) is 18.8. The number of benzene rings is 2. The van der Waals surface area contributed by atoms with Crippen LogP contribution in [0, 0.1) is 6.92 Å². The molecule has 0 radical (unpaired) electrons. The van der Waals surface area contributed by atoms with Crippen molar-refractivity contribution in [3.8, 4) is 5.75 Å². The summed E-state index contributed by atoms with van der Waals surface area (Å²) in [5.74, 6) is 1.01. The topological polar surface area (TPSA) is 67.4 Å². The number of carbonyl (C=O) groups excluding carboxylic acids is 2. The average molecular weight is 372 g/mol. The number of hydrogen-bond acceptors (Lipinski definition) is 4. The van der Waals surface area contributed by atoms with E-state index in [4.69, 9.17) is 4.74 Å². The maximum Gasteiger partial charge on any atom is 0.251 e. The second-order valence-electron chi connectivity index (χ2n) is 5.65. The van der Waals surface area contributed by atoms with Crippen molar-refractivity contribution in [1.29, 1.82) is 0 Å². The number of ether oxygens (including phenoxy) is 1. The summed E-state index contributed by atoms with van der Waals surface area (Å²) in [4.78, 5) is 25.0. The van der Waals surface area contributed by atoms with Gasteiger partial charge < -0.3 is 15.4 Å². The lowest BCUT2D eigenvalue weighted by Crippen LogP contribution is -2.37. The Bertz CT molecular complexity index is 715. The maximum atomic E-state index is 12.0. The molecule has 2 amide bonds. The SMILES string of the molecule is CCOc1ccc(C(=O)NCC(=O)NCCSc2ccc(C)cc2)cc1. The van der Waals surface area contributed by atoms with Gasteiger partial charge in [-0.15, -0.1) is 11.8 Å². The van der Waals surface area contributed by atoms with Gasteiger partial charge in [-0.3, -0.25) is 9.59 Å². The van der Waals surface area contributed by atoms with Gasteiger partial charge in [0.25, 0.3) is 5.91 Å². The van der Waals surface area contributed by atoms with Crippen molar-refractivity contribution in [3.63, 3.8) is 0 Å². The molecule has 0 spiro atoms. The lowest BCUT2D eigenvalue weighted by molar-refractivity contribution is -0.120. The van der Waals surface area contributed by atoms with Gasteiger partial charge in [0.1, 0.15) is 5.75 Å². The number of hydrogen-bond donors (Lipinski definition) is 2. The van der Waals surface area contributed by atoms with Crippen molar-refractivity contribution in [2.24, 2.45) is 0 Å². The van der Waals surface area contributed by atoms with Gasteiger partial charge in [0.15, 0.2) is 0 Å². The number of carbonyl (C=O) groups is 2. The predicted octanol–water partition coefficient (Wildman–Crippen LogP) is 3.03. The minimum absolute atomic E-state index is 0.0404. The largest absolute Gasteiger partial charge is 0.494 e. The van der Waals surface area contributed by atoms with Gasteiger partial charge in [-0.05, 0) is 50.2 Å². The van der Waals surface area contributed by atoms with Crippen LogP contribution in [-0.2, 0) is 4.79 Å². The van der Waals surface area contributed by atoms with Crippen LogP contribution in [0.15, 0.2) is 53.4 Å². The van der Waals surface area contributed by atoms with Crippen molar-refractivity contribution in [2.45, 2.75) is 18.7 Å². The van der Waals surface area contributed by atoms with Crippen LogP contribution in [0.5, 0.6) is 5.75 Å². The molecule has 0 saturated carbocycles. The standard InChI is InChI=1S/C20H24N2O3S/c1-3-25-17-8-6-16(7-9-17)20(24)22-14-19(23)21-12-13-26-18-10-4-15(2)5-11-18/h4-11H,3,12-14H2,1-2H3,(H,21,23)(H,22,24). The predicted molar refractivity (Wildman–Crippen MR) is 105 cm³/mol. The van der Waals surface area contributed by atoms with Gasteiger partial charge >= 0.3 is 0 Å². The zero-order valence-corrected chi connectivity index (χ0v) is 15.9. The highest BCUT2D eigenvalue weighted by Crippen LogP contribution is 2.17. The van der Waals surface area contributed by atoms with E-state index in [1.165, 1.54) is 10.5 Å². The summed E-state index contributed by atoms with van der Waals surface area (Å²) >= 11 is 1.68. The van der Waals surface area contributed by atoms with Crippen LogP contribution in [-0.4, -0.2) is 37.3 Å². The van der Waals surface area contributed by atoms with Crippen LogP contribution in [0.25, 0.3) is 0 Å². The highest BCUT2D eigenvalue weighted by atomic mass is 32.2. The Morgan fingerprint density at radius 1 is 1.00 bits per heavy atom. The molecule has 0 aromatic heterocycles. The van der Waals surface area contributed by atoms with Gasteiger partial charge in [-0.1, -0.05) is 17.7 Å². The molecular weight excluding hydrogens is 348 g/mol. The second kappa shape index (κ2) is 10.5. The first-order chi connectivity index (χ1) is 12.6. The fourth-order valence-electron chi connectivity index (χ4n) is 2.19. The molecule has 6 heteroatoms. The Hall–Kier alpha value is -2.47. The lowest BCUT2D eigenvalue weighted by Gasteiger charge is -2.08. The molecule has 0 atom stereocenters. The highest BCUT2D eigenvalue weighted by molar-refractivity contribution is 7.99. The van der Waals surface area contributed by atoms with Gasteiger partial charge in [0.2, 0.25) is 5.91 Å². The molecule has 2 N–H and O–H groups in total. The Kier molecular flexibility index (Phi) is 8.02. The van der Waals surface area contributed by atoms with Crippen molar-refractivity contribution in [1.82, 2.24) is 10.6 Å². The number of aryl methyl sites for hydroxylation is 1. The molecule has 2 aromatic rings. The first-order valence-corrected chi connectivity index (χ1v) is 9.54. The van der Waals surface area contributed by atoms with E-state index in [9.17, 15) is 9.59 Å². The fraction of sp³-hybridized carbons (Fsp3) is 0.300. The minimum Gasteiger partial charge on any atom is -0.494 e. The van der Waals surface area contributed by atoms with E-state index in [1.54, 1.807) is 36.0 Å². The first kappa shape index (κ1) is 19.8. The summed E-state index contributed by atoms with van der Waals surface area (Å²) in [6.07, 6.45) is 0. The molecule has 0 bridgehead atoms. The molecule has 0 unspecified atom stereocenters. The van der Waals surface area contributed by atoms with Crippen LogP contribution in [0.3, 0.4) is 0 Å². The Morgan fingerprint density at radius 3 is 2.35 bits per heavy atom. The molecule has 138 valence electrons. The smallest absolute Gasteiger partial charge is 0.251 e. The molecule has 2 rings (SSSR count). The molecule has 2 aromatic carbocycles.